The van der Waals surface area contributed by atoms with Gasteiger partial charge in [-0.15, -0.1) is 0 Å². The van der Waals surface area contributed by atoms with E-state index < -0.39 is 12.9 Å². The molecule has 1 aromatic carbocycles. The number of hydrogen-bond acceptors (Lipinski definition) is 5. The average Bonchev–Trinajstić information content (AvgIpc) is 2.78. The Morgan fingerprint density at radius 1 is 0.848 bits per heavy atom. The Balaban J connectivity index is 2.43. The lowest BCUT2D eigenvalue weighted by molar-refractivity contribution is -0.510. The van der Waals surface area contributed by atoms with Gasteiger partial charge in [-0.2, -0.15) is 4.74 Å². The van der Waals surface area contributed by atoms with Crippen LogP contribution in [0.2, 0.25) is 0 Å². The normalized spacial score (nSPS) is 12.8. The van der Waals surface area contributed by atoms with Crippen molar-refractivity contribution in [3.63, 3.8) is 0 Å². The molecule has 0 N–H and O–H groups in total. The maximum absolute atomic E-state index is 13.1. The fourth-order valence-corrected chi connectivity index (χ4v) is 5.22. The monoisotopic (exact) mass is 483 g/mol. The van der Waals surface area contributed by atoms with E-state index in [9.17, 15) is 9.77 Å². The molecule has 0 fully saturated rings. The van der Waals surface area contributed by atoms with E-state index >= 15 is 0 Å². The quantitative estimate of drug-likeness (QED) is 0.0499. The summed E-state index contributed by atoms with van der Waals surface area (Å²) in [7, 11) is -3.60. The SMILES string of the molecule is CCCCCCCCCCCCOc1ccc(/C=[N+](\[O-])C(C)(C)P(=O)(OCC)OCC)cc1. The van der Waals surface area contributed by atoms with Gasteiger partial charge in [0.05, 0.1) is 19.8 Å². The molecular formula is C26H46NO5P. The van der Waals surface area contributed by atoms with Gasteiger partial charge in [0.15, 0.2) is 6.21 Å². The molecule has 0 amide bonds. The van der Waals surface area contributed by atoms with Gasteiger partial charge >= 0.3 is 7.60 Å². The number of hydroxylamine groups is 1. The maximum atomic E-state index is 13.1. The fraction of sp³-hybridized carbons (Fsp3) is 0.731. The summed E-state index contributed by atoms with van der Waals surface area (Å²) in [4.78, 5) is 0. The summed E-state index contributed by atoms with van der Waals surface area (Å²) < 4.78 is 30.3. The van der Waals surface area contributed by atoms with Crippen molar-refractivity contribution in [1.82, 2.24) is 0 Å². The van der Waals surface area contributed by atoms with E-state index in [-0.39, 0.29) is 13.2 Å². The van der Waals surface area contributed by atoms with Gasteiger partial charge in [-0.25, -0.2) is 0 Å². The third-order valence-electron chi connectivity index (χ3n) is 5.72. The zero-order valence-corrected chi connectivity index (χ0v) is 22.4. The summed E-state index contributed by atoms with van der Waals surface area (Å²) >= 11 is 0. The molecule has 6 nitrogen and oxygen atoms in total. The van der Waals surface area contributed by atoms with Crippen molar-refractivity contribution >= 4 is 13.8 Å². The van der Waals surface area contributed by atoms with Crippen molar-refractivity contribution < 1.29 is 23.1 Å². The third-order valence-corrected chi connectivity index (χ3v) is 8.45. The molecule has 1 rings (SSSR count). The first-order valence-corrected chi connectivity index (χ1v) is 14.3. The highest BCUT2D eigenvalue weighted by Gasteiger charge is 2.51. The first-order valence-electron chi connectivity index (χ1n) is 12.7. The molecule has 0 atom stereocenters. The van der Waals surface area contributed by atoms with E-state index in [0.717, 1.165) is 12.2 Å². The Kier molecular flexibility index (Phi) is 14.7. The highest BCUT2D eigenvalue weighted by molar-refractivity contribution is 7.55. The third kappa shape index (κ3) is 10.6. The van der Waals surface area contributed by atoms with E-state index in [1.807, 2.05) is 24.3 Å². The summed E-state index contributed by atoms with van der Waals surface area (Å²) in [6, 6.07) is 7.35. The van der Waals surface area contributed by atoms with Crippen molar-refractivity contribution in [2.75, 3.05) is 19.8 Å². The summed E-state index contributed by atoms with van der Waals surface area (Å²) in [5, 5.41) is 11.5. The van der Waals surface area contributed by atoms with Crippen LogP contribution in [0, 0.1) is 5.21 Å². The molecule has 0 saturated carbocycles. The Morgan fingerprint density at radius 2 is 1.33 bits per heavy atom. The minimum atomic E-state index is -3.60. The molecule has 0 aliphatic rings. The van der Waals surface area contributed by atoms with E-state index in [4.69, 9.17) is 13.8 Å². The molecule has 7 heteroatoms. The number of ether oxygens (including phenoxy) is 1. The second-order valence-corrected chi connectivity index (χ2v) is 11.5. The van der Waals surface area contributed by atoms with E-state index in [0.29, 0.717) is 16.9 Å². The minimum absolute atomic E-state index is 0.208. The maximum Gasteiger partial charge on any atom is 0.401 e. The topological polar surface area (TPSA) is 70.8 Å². The lowest BCUT2D eigenvalue weighted by Crippen LogP contribution is -2.35. The highest BCUT2D eigenvalue weighted by atomic mass is 31.2. The molecule has 0 bridgehead atoms. The molecule has 0 spiro atoms. The molecule has 33 heavy (non-hydrogen) atoms. The molecule has 0 unspecified atom stereocenters. The standard InChI is InChI=1S/C26H46NO5P/c1-6-9-10-11-12-13-14-15-16-17-22-30-25-20-18-24(19-21-25)23-27(28)26(4,5)33(29,31-7-2)32-8-3/h18-21,23H,6-17,22H2,1-5H3/b27-23-. The van der Waals surface area contributed by atoms with Gasteiger partial charge < -0.3 is 19.0 Å². The number of benzene rings is 1. The van der Waals surface area contributed by atoms with Crippen molar-refractivity contribution in [2.45, 2.75) is 104 Å². The molecule has 0 saturated heterocycles. The van der Waals surface area contributed by atoms with Crippen molar-refractivity contribution in [3.8, 4) is 5.75 Å². The van der Waals surface area contributed by atoms with Crippen LogP contribution in [0.3, 0.4) is 0 Å². The molecular weight excluding hydrogens is 437 g/mol. The Morgan fingerprint density at radius 3 is 1.82 bits per heavy atom. The summed E-state index contributed by atoms with van der Waals surface area (Å²) in [5.41, 5.74) is 0.698. The van der Waals surface area contributed by atoms with Gasteiger partial charge in [-0.3, -0.25) is 4.57 Å². The van der Waals surface area contributed by atoms with Crippen LogP contribution in [0.4, 0.5) is 0 Å². The summed E-state index contributed by atoms with van der Waals surface area (Å²) in [6.45, 7) is 9.98. The predicted octanol–water partition coefficient (Wildman–Crippen LogP) is 7.92. The molecule has 190 valence electrons. The van der Waals surface area contributed by atoms with Gasteiger partial charge in [-0.05, 0) is 44.5 Å². The first-order chi connectivity index (χ1) is 15.8. The first kappa shape index (κ1) is 29.7. The zero-order chi connectivity index (χ0) is 24.6. The number of rotatable bonds is 19. The van der Waals surface area contributed by atoms with E-state index in [1.54, 1.807) is 27.7 Å². The lowest BCUT2D eigenvalue weighted by atomic mass is 10.1. The molecule has 0 radical (unpaired) electrons. The van der Waals surface area contributed by atoms with Gasteiger partial charge in [0.1, 0.15) is 5.75 Å². The van der Waals surface area contributed by atoms with E-state index in [2.05, 4.69) is 6.92 Å². The van der Waals surface area contributed by atoms with Crippen molar-refractivity contribution in [1.29, 1.82) is 0 Å². The summed E-state index contributed by atoms with van der Waals surface area (Å²) in [5.74, 6) is 0.786. The van der Waals surface area contributed by atoms with Crippen LogP contribution in [0.15, 0.2) is 24.3 Å². The van der Waals surface area contributed by atoms with E-state index in [1.165, 1.54) is 64.0 Å². The largest absolute Gasteiger partial charge is 0.623 e. The number of hydrogen-bond donors (Lipinski definition) is 0. The van der Waals surface area contributed by atoms with Crippen LogP contribution in [0.25, 0.3) is 0 Å². The van der Waals surface area contributed by atoms with Gasteiger partial charge in [0, 0.05) is 19.4 Å². The lowest BCUT2D eigenvalue weighted by Gasteiger charge is -2.30. The molecule has 0 heterocycles. The molecule has 1 aromatic rings. The minimum Gasteiger partial charge on any atom is -0.623 e. The molecule has 0 aliphatic heterocycles. The fourth-order valence-electron chi connectivity index (χ4n) is 3.54. The second-order valence-electron chi connectivity index (χ2n) is 8.88. The Bertz CT molecular complexity index is 708. The van der Waals surface area contributed by atoms with Crippen LogP contribution in [0.1, 0.15) is 104 Å². The van der Waals surface area contributed by atoms with Crippen molar-refractivity contribution in [3.05, 3.63) is 35.0 Å². The second kappa shape index (κ2) is 16.3. The van der Waals surface area contributed by atoms with Crippen LogP contribution in [0.5, 0.6) is 5.75 Å². The van der Waals surface area contributed by atoms with Crippen LogP contribution in [-0.4, -0.2) is 36.1 Å². The van der Waals surface area contributed by atoms with Gasteiger partial charge in [0.25, 0.3) is 5.28 Å². The summed E-state index contributed by atoms with van der Waals surface area (Å²) in [6.07, 6.45) is 14.4. The average molecular weight is 484 g/mol. The Hall–Kier alpha value is -1.36. The van der Waals surface area contributed by atoms with Gasteiger partial charge in [0.2, 0.25) is 0 Å². The van der Waals surface area contributed by atoms with Gasteiger partial charge in [-0.1, -0.05) is 64.7 Å². The van der Waals surface area contributed by atoms with Crippen molar-refractivity contribution in [2.24, 2.45) is 0 Å². The number of unbranched alkanes of at least 4 members (excludes halogenated alkanes) is 9. The van der Waals surface area contributed by atoms with Crippen LogP contribution < -0.4 is 4.74 Å². The highest BCUT2D eigenvalue weighted by Crippen LogP contribution is 2.59. The zero-order valence-electron chi connectivity index (χ0n) is 21.5. The van der Waals surface area contributed by atoms with Crippen LogP contribution in [-0.2, 0) is 13.6 Å². The Labute approximate surface area is 201 Å². The molecule has 0 aliphatic carbocycles. The number of nitrogens with zero attached hydrogens (tertiary/aromatic N) is 1. The smallest absolute Gasteiger partial charge is 0.401 e. The predicted molar refractivity (Wildman–Crippen MR) is 138 cm³/mol. The molecule has 0 aromatic heterocycles. The van der Waals surface area contributed by atoms with Crippen LogP contribution >= 0.6 is 7.60 Å².